The lowest BCUT2D eigenvalue weighted by Crippen LogP contribution is -2.54. The van der Waals surface area contributed by atoms with Gasteiger partial charge in [0, 0.05) is 56.5 Å². The van der Waals surface area contributed by atoms with Crippen LogP contribution in [0.25, 0.3) is 0 Å². The van der Waals surface area contributed by atoms with Gasteiger partial charge in [0.05, 0.1) is 0 Å². The summed E-state index contributed by atoms with van der Waals surface area (Å²) in [5, 5.41) is 2.84. The van der Waals surface area contributed by atoms with Gasteiger partial charge in [0.25, 0.3) is 5.91 Å². The van der Waals surface area contributed by atoms with Crippen LogP contribution in [-0.2, 0) is 16.1 Å². The van der Waals surface area contributed by atoms with Crippen molar-refractivity contribution in [3.63, 3.8) is 0 Å². The summed E-state index contributed by atoms with van der Waals surface area (Å²) in [4.78, 5) is 33.9. The number of allylic oxidation sites excluding steroid dienone is 1. The van der Waals surface area contributed by atoms with Gasteiger partial charge in [-0.25, -0.2) is 4.39 Å². The summed E-state index contributed by atoms with van der Waals surface area (Å²) < 4.78 is 14.4. The van der Waals surface area contributed by atoms with Gasteiger partial charge in [-0.1, -0.05) is 12.8 Å². The molecule has 1 aliphatic carbocycles. The molecule has 172 valence electrons. The highest BCUT2D eigenvalue weighted by Gasteiger charge is 2.33. The molecule has 0 bridgehead atoms. The quantitative estimate of drug-likeness (QED) is 0.751. The zero-order chi connectivity index (χ0) is 22.8. The molecule has 2 heterocycles. The van der Waals surface area contributed by atoms with E-state index in [9.17, 15) is 14.0 Å². The molecule has 7 heteroatoms. The van der Waals surface area contributed by atoms with Crippen molar-refractivity contribution < 1.29 is 14.0 Å². The van der Waals surface area contributed by atoms with Crippen molar-refractivity contribution in [1.82, 2.24) is 9.80 Å². The van der Waals surface area contributed by atoms with Crippen LogP contribution in [0.4, 0.5) is 10.1 Å². The van der Waals surface area contributed by atoms with Crippen molar-refractivity contribution in [1.29, 1.82) is 0 Å². The molecule has 0 aromatic heterocycles. The normalized spacial score (nSPS) is 22.1. The summed E-state index contributed by atoms with van der Waals surface area (Å²) in [5.74, 6) is -0.169. The summed E-state index contributed by atoms with van der Waals surface area (Å²) in [7, 11) is 0. The average molecular weight is 441 g/mol. The van der Waals surface area contributed by atoms with Gasteiger partial charge in [-0.2, -0.15) is 0 Å². The number of piperazine rings is 1. The third-order valence-corrected chi connectivity index (χ3v) is 7.06. The highest BCUT2D eigenvalue weighted by molar-refractivity contribution is 6.06. The van der Waals surface area contributed by atoms with E-state index >= 15 is 0 Å². The summed E-state index contributed by atoms with van der Waals surface area (Å²) in [5.41, 5.74) is 3.51. The van der Waals surface area contributed by atoms with Crippen molar-refractivity contribution in [3.05, 3.63) is 40.3 Å². The zero-order valence-corrected chi connectivity index (χ0v) is 19.3. The fourth-order valence-electron chi connectivity index (χ4n) is 5.10. The lowest BCUT2D eigenvalue weighted by molar-refractivity contribution is -0.140. The molecule has 4 rings (SSSR count). The maximum absolute atomic E-state index is 14.4. The van der Waals surface area contributed by atoms with E-state index < -0.39 is 0 Å². The van der Waals surface area contributed by atoms with Crippen LogP contribution in [0.2, 0.25) is 0 Å². The highest BCUT2D eigenvalue weighted by Crippen LogP contribution is 2.29. The van der Waals surface area contributed by atoms with Crippen LogP contribution in [-0.4, -0.2) is 53.5 Å². The number of aliphatic imine (C=N–C) groups is 1. The van der Waals surface area contributed by atoms with Crippen molar-refractivity contribution >= 4 is 23.7 Å². The standard InChI is InChI=1S/C25H33FN4O2/c1-16-8-9-27-23(16)24(31)28-22-13-21(26)12-20(18(22)3)15-29-10-11-30(17(2)14-29)25(32)19-6-4-5-7-19/h9,12-13,17,19H,4-8,10-11,14-15H2,1-3H3,(H,28,31)/t17-/m0/s1. The number of hydrogen-bond donors (Lipinski definition) is 1. The van der Waals surface area contributed by atoms with Crippen LogP contribution in [0, 0.1) is 18.7 Å². The van der Waals surface area contributed by atoms with Crippen molar-refractivity contribution in [3.8, 4) is 0 Å². The molecule has 1 saturated heterocycles. The van der Waals surface area contributed by atoms with Gasteiger partial charge >= 0.3 is 0 Å². The topological polar surface area (TPSA) is 65.0 Å². The number of hydrogen-bond acceptors (Lipinski definition) is 4. The van der Waals surface area contributed by atoms with E-state index in [1.165, 1.54) is 6.07 Å². The van der Waals surface area contributed by atoms with Gasteiger partial charge in [-0.15, -0.1) is 0 Å². The van der Waals surface area contributed by atoms with Gasteiger partial charge in [0.15, 0.2) is 0 Å². The van der Waals surface area contributed by atoms with Gasteiger partial charge in [-0.3, -0.25) is 19.5 Å². The van der Waals surface area contributed by atoms with E-state index in [4.69, 9.17) is 0 Å². The molecule has 0 unspecified atom stereocenters. The fraction of sp³-hybridized carbons (Fsp3) is 0.560. The molecule has 6 nitrogen and oxygen atoms in total. The second-order valence-corrected chi connectivity index (χ2v) is 9.43. The third-order valence-electron chi connectivity index (χ3n) is 7.06. The average Bonchev–Trinajstić information content (AvgIpc) is 3.43. The first kappa shape index (κ1) is 22.6. The molecule has 1 aromatic rings. The fourth-order valence-corrected chi connectivity index (χ4v) is 5.10. The van der Waals surface area contributed by atoms with Crippen LogP contribution in [0.3, 0.4) is 0 Å². The number of benzene rings is 1. The maximum atomic E-state index is 14.4. The molecule has 32 heavy (non-hydrogen) atoms. The number of nitrogens with one attached hydrogen (secondary N) is 1. The van der Waals surface area contributed by atoms with E-state index in [2.05, 4.69) is 22.1 Å². The summed E-state index contributed by atoms with van der Waals surface area (Å²) in [6.07, 6.45) is 6.74. The van der Waals surface area contributed by atoms with Gasteiger partial charge in [-0.05, 0) is 62.4 Å². The number of halogens is 1. The minimum atomic E-state index is -0.371. The van der Waals surface area contributed by atoms with Crippen molar-refractivity contribution in [2.75, 3.05) is 25.0 Å². The molecular weight excluding hydrogens is 407 g/mol. The first-order valence-electron chi connectivity index (χ1n) is 11.7. The highest BCUT2D eigenvalue weighted by atomic mass is 19.1. The number of nitrogens with zero attached hydrogens (tertiary/aromatic N) is 3. The van der Waals surface area contributed by atoms with Gasteiger partial charge in [0.2, 0.25) is 5.91 Å². The van der Waals surface area contributed by atoms with Crippen molar-refractivity contribution in [2.45, 2.75) is 65.5 Å². The van der Waals surface area contributed by atoms with E-state index in [0.29, 0.717) is 36.8 Å². The molecule has 1 atom stereocenters. The minimum absolute atomic E-state index is 0.139. The Morgan fingerprint density at radius 3 is 2.59 bits per heavy atom. The second kappa shape index (κ2) is 9.53. The molecule has 2 aliphatic heterocycles. The molecule has 3 aliphatic rings. The van der Waals surface area contributed by atoms with Gasteiger partial charge in [0.1, 0.15) is 11.5 Å². The number of amides is 2. The maximum Gasteiger partial charge on any atom is 0.274 e. The monoisotopic (exact) mass is 440 g/mol. The first-order chi connectivity index (χ1) is 15.3. The van der Waals surface area contributed by atoms with Crippen molar-refractivity contribution in [2.24, 2.45) is 10.9 Å². The Balaban J connectivity index is 1.42. The number of carbonyl (C=O) groups excluding carboxylic acids is 2. The van der Waals surface area contributed by atoms with E-state index in [-0.39, 0.29) is 23.7 Å². The second-order valence-electron chi connectivity index (χ2n) is 9.43. The van der Waals surface area contributed by atoms with Crippen LogP contribution in [0.1, 0.15) is 57.1 Å². The SMILES string of the molecule is CC1=C(C(=O)Nc2cc(F)cc(CN3CCN(C(=O)C4CCCC4)[C@@H](C)C3)c2C)N=CC1. The van der Waals surface area contributed by atoms with Crippen LogP contribution in [0.5, 0.6) is 0 Å². The van der Waals surface area contributed by atoms with Crippen LogP contribution in [0.15, 0.2) is 28.4 Å². The molecule has 1 saturated carbocycles. The third kappa shape index (κ3) is 4.77. The molecule has 2 amide bonds. The smallest absolute Gasteiger partial charge is 0.274 e. The predicted octanol–water partition coefficient (Wildman–Crippen LogP) is 4.04. The summed E-state index contributed by atoms with van der Waals surface area (Å²) >= 11 is 0. The summed E-state index contributed by atoms with van der Waals surface area (Å²) in [6, 6.07) is 3.05. The molecule has 2 fully saturated rings. The lowest BCUT2D eigenvalue weighted by Gasteiger charge is -2.41. The Hall–Kier alpha value is -2.54. The molecule has 1 aromatic carbocycles. The Morgan fingerprint density at radius 2 is 1.94 bits per heavy atom. The zero-order valence-electron chi connectivity index (χ0n) is 19.3. The molecule has 0 spiro atoms. The van der Waals surface area contributed by atoms with E-state index in [1.807, 2.05) is 18.7 Å². The summed E-state index contributed by atoms with van der Waals surface area (Å²) in [6.45, 7) is 8.71. The number of anilines is 1. The molecule has 0 radical (unpaired) electrons. The Morgan fingerprint density at radius 1 is 1.19 bits per heavy atom. The largest absolute Gasteiger partial charge is 0.337 e. The Kier molecular flexibility index (Phi) is 6.74. The number of rotatable bonds is 5. The van der Waals surface area contributed by atoms with E-state index in [0.717, 1.165) is 55.5 Å². The Bertz CT molecular complexity index is 965. The Labute approximate surface area is 189 Å². The van der Waals surface area contributed by atoms with E-state index in [1.54, 1.807) is 12.3 Å². The molecular formula is C25H33FN4O2. The number of carbonyl (C=O) groups is 2. The lowest BCUT2D eigenvalue weighted by atomic mass is 10.0. The molecule has 1 N–H and O–H groups in total. The predicted molar refractivity (Wildman–Crippen MR) is 124 cm³/mol. The van der Waals surface area contributed by atoms with Crippen LogP contribution >= 0.6 is 0 Å². The first-order valence-corrected chi connectivity index (χ1v) is 11.7. The minimum Gasteiger partial charge on any atom is -0.337 e. The van der Waals surface area contributed by atoms with Gasteiger partial charge < -0.3 is 10.2 Å². The van der Waals surface area contributed by atoms with Crippen LogP contribution < -0.4 is 5.32 Å².